The largest absolute Gasteiger partial charge is 0.481 e. The molecule has 1 N–H and O–H groups in total. The summed E-state index contributed by atoms with van der Waals surface area (Å²) in [4.78, 5) is 9.34. The molecule has 5 heteroatoms. The lowest BCUT2D eigenvalue weighted by Crippen LogP contribution is -2.16. The van der Waals surface area contributed by atoms with Gasteiger partial charge in [0.1, 0.15) is 5.82 Å². The van der Waals surface area contributed by atoms with Gasteiger partial charge in [0, 0.05) is 30.0 Å². The predicted molar refractivity (Wildman–Crippen MR) is 87.7 cm³/mol. The third-order valence-electron chi connectivity index (χ3n) is 3.91. The number of hydrogen-bond acceptors (Lipinski definition) is 4. The molecular formula is C17H20ClN3O. The number of fused-ring (bicyclic) bond motifs is 1. The smallest absolute Gasteiger partial charge is 0.219 e. The monoisotopic (exact) mass is 317 g/mol. The molecule has 1 aromatic carbocycles. The van der Waals surface area contributed by atoms with Gasteiger partial charge in [0.05, 0.1) is 12.8 Å². The van der Waals surface area contributed by atoms with Gasteiger partial charge < -0.3 is 10.1 Å². The average Bonchev–Trinajstić information content (AvgIpc) is 2.77. The Bertz CT molecular complexity index is 660. The van der Waals surface area contributed by atoms with Crippen LogP contribution in [0.15, 0.2) is 24.3 Å². The summed E-state index contributed by atoms with van der Waals surface area (Å²) < 4.78 is 5.48. The number of hydrogen-bond donors (Lipinski definition) is 1. The van der Waals surface area contributed by atoms with Gasteiger partial charge in [-0.05, 0) is 37.1 Å². The summed E-state index contributed by atoms with van der Waals surface area (Å²) in [6.07, 6.45) is 3.52. The van der Waals surface area contributed by atoms with Crippen LogP contribution in [0.2, 0.25) is 5.02 Å². The summed E-state index contributed by atoms with van der Waals surface area (Å²) in [7, 11) is 1.68. The minimum Gasteiger partial charge on any atom is -0.481 e. The summed E-state index contributed by atoms with van der Waals surface area (Å²) in [5.74, 6) is 1.58. The number of nitrogens with zero attached hydrogens (tertiary/aromatic N) is 2. The molecule has 0 bridgehead atoms. The molecule has 0 aliphatic carbocycles. The van der Waals surface area contributed by atoms with Crippen LogP contribution in [0.1, 0.15) is 22.6 Å². The maximum atomic E-state index is 6.03. The van der Waals surface area contributed by atoms with Gasteiger partial charge in [-0.2, -0.15) is 4.98 Å². The average molecular weight is 318 g/mol. The van der Waals surface area contributed by atoms with Gasteiger partial charge in [-0.1, -0.05) is 23.7 Å². The van der Waals surface area contributed by atoms with E-state index in [0.29, 0.717) is 0 Å². The molecule has 0 atom stereocenters. The number of ether oxygens (including phenoxy) is 1. The zero-order chi connectivity index (χ0) is 15.4. The van der Waals surface area contributed by atoms with E-state index in [-0.39, 0.29) is 0 Å². The van der Waals surface area contributed by atoms with Gasteiger partial charge in [-0.15, -0.1) is 0 Å². The lowest BCUT2D eigenvalue weighted by molar-refractivity contribution is 0.388. The Morgan fingerprint density at radius 3 is 2.86 bits per heavy atom. The number of halogens is 1. The van der Waals surface area contributed by atoms with Crippen LogP contribution in [0.3, 0.4) is 0 Å². The second-order valence-electron chi connectivity index (χ2n) is 5.45. The van der Waals surface area contributed by atoms with E-state index < -0.39 is 0 Å². The standard InChI is InChI=1S/C17H20ClN3O/c1-22-17-14-7-9-19-10-8-15(14)20-16(21-17)6-5-12-3-2-4-13(18)11-12/h2-4,11,19H,5-10H2,1H3. The van der Waals surface area contributed by atoms with E-state index in [2.05, 4.69) is 16.4 Å². The third-order valence-corrected chi connectivity index (χ3v) is 4.15. The highest BCUT2D eigenvalue weighted by Gasteiger charge is 2.17. The molecule has 4 nitrogen and oxygen atoms in total. The van der Waals surface area contributed by atoms with Gasteiger partial charge in [0.15, 0.2) is 0 Å². The van der Waals surface area contributed by atoms with Gasteiger partial charge in [0.25, 0.3) is 0 Å². The second-order valence-corrected chi connectivity index (χ2v) is 5.89. The number of benzene rings is 1. The molecular weight excluding hydrogens is 298 g/mol. The van der Waals surface area contributed by atoms with Crippen molar-refractivity contribution < 1.29 is 4.74 Å². The Kier molecular flexibility index (Phi) is 4.90. The molecule has 2 heterocycles. The van der Waals surface area contributed by atoms with Crippen LogP contribution >= 0.6 is 11.6 Å². The van der Waals surface area contributed by atoms with E-state index >= 15 is 0 Å². The van der Waals surface area contributed by atoms with E-state index in [0.717, 1.165) is 66.8 Å². The summed E-state index contributed by atoms with van der Waals surface area (Å²) >= 11 is 6.03. The molecule has 0 saturated heterocycles. The lowest BCUT2D eigenvalue weighted by atomic mass is 10.1. The van der Waals surface area contributed by atoms with Gasteiger partial charge >= 0.3 is 0 Å². The normalized spacial score (nSPS) is 14.3. The Morgan fingerprint density at radius 1 is 1.18 bits per heavy atom. The maximum absolute atomic E-state index is 6.03. The van der Waals surface area contributed by atoms with E-state index in [9.17, 15) is 0 Å². The quantitative estimate of drug-likeness (QED) is 0.941. The van der Waals surface area contributed by atoms with Crippen molar-refractivity contribution >= 4 is 11.6 Å². The third kappa shape index (κ3) is 3.57. The lowest BCUT2D eigenvalue weighted by Gasteiger charge is -2.12. The molecule has 1 aromatic heterocycles. The van der Waals surface area contributed by atoms with Crippen LogP contribution in [0, 0.1) is 0 Å². The Hall–Kier alpha value is -1.65. The first-order chi connectivity index (χ1) is 10.8. The SMILES string of the molecule is COc1nc(CCc2cccc(Cl)c2)nc2c1CCNCC2. The molecule has 0 unspecified atom stereocenters. The highest BCUT2D eigenvalue weighted by Crippen LogP contribution is 2.22. The van der Waals surface area contributed by atoms with Crippen LogP contribution in [0.25, 0.3) is 0 Å². The first-order valence-corrected chi connectivity index (χ1v) is 8.02. The van der Waals surface area contributed by atoms with Crippen molar-refractivity contribution in [1.82, 2.24) is 15.3 Å². The van der Waals surface area contributed by atoms with Crippen LogP contribution in [-0.2, 0) is 25.7 Å². The first kappa shape index (κ1) is 15.3. The van der Waals surface area contributed by atoms with Gasteiger partial charge in [0.2, 0.25) is 5.88 Å². The molecule has 0 saturated carbocycles. The molecule has 0 spiro atoms. The molecule has 3 rings (SSSR count). The fourth-order valence-electron chi connectivity index (χ4n) is 2.79. The van der Waals surface area contributed by atoms with E-state index in [1.54, 1.807) is 7.11 Å². The molecule has 0 radical (unpaired) electrons. The molecule has 0 fully saturated rings. The Balaban J connectivity index is 1.80. The summed E-state index contributed by atoms with van der Waals surface area (Å²) in [5.41, 5.74) is 3.48. The maximum Gasteiger partial charge on any atom is 0.219 e. The fourth-order valence-corrected chi connectivity index (χ4v) is 3.00. The topological polar surface area (TPSA) is 47.0 Å². The van der Waals surface area contributed by atoms with Gasteiger partial charge in [-0.3, -0.25) is 0 Å². The highest BCUT2D eigenvalue weighted by molar-refractivity contribution is 6.30. The summed E-state index contributed by atoms with van der Waals surface area (Å²) in [5, 5.41) is 4.16. The number of methoxy groups -OCH3 is 1. The van der Waals surface area contributed by atoms with E-state index in [4.69, 9.17) is 21.3 Å². The Morgan fingerprint density at radius 2 is 2.05 bits per heavy atom. The van der Waals surface area contributed by atoms with Crippen LogP contribution < -0.4 is 10.1 Å². The minimum atomic E-state index is 0.731. The van der Waals surface area contributed by atoms with Crippen molar-refractivity contribution in [2.75, 3.05) is 20.2 Å². The number of aryl methyl sites for hydroxylation is 2. The zero-order valence-corrected chi connectivity index (χ0v) is 13.5. The van der Waals surface area contributed by atoms with Crippen molar-refractivity contribution in [3.8, 4) is 5.88 Å². The zero-order valence-electron chi connectivity index (χ0n) is 12.7. The number of aromatic nitrogens is 2. The number of nitrogens with one attached hydrogen (secondary N) is 1. The predicted octanol–water partition coefficient (Wildman–Crippen LogP) is 2.61. The second kappa shape index (κ2) is 7.07. The fraction of sp³-hybridized carbons (Fsp3) is 0.412. The van der Waals surface area contributed by atoms with Gasteiger partial charge in [-0.25, -0.2) is 4.98 Å². The minimum absolute atomic E-state index is 0.731. The molecule has 0 amide bonds. The molecule has 22 heavy (non-hydrogen) atoms. The van der Waals surface area contributed by atoms with Crippen LogP contribution in [-0.4, -0.2) is 30.2 Å². The highest BCUT2D eigenvalue weighted by atomic mass is 35.5. The van der Waals surface area contributed by atoms with Crippen molar-refractivity contribution in [2.45, 2.75) is 25.7 Å². The van der Waals surface area contributed by atoms with Crippen molar-refractivity contribution in [1.29, 1.82) is 0 Å². The van der Waals surface area contributed by atoms with E-state index in [1.165, 1.54) is 5.56 Å². The molecule has 1 aliphatic heterocycles. The summed E-state index contributed by atoms with van der Waals surface area (Å²) in [6, 6.07) is 7.93. The Labute approximate surface area is 135 Å². The first-order valence-electron chi connectivity index (χ1n) is 7.64. The van der Waals surface area contributed by atoms with Crippen LogP contribution in [0.4, 0.5) is 0 Å². The molecule has 1 aliphatic rings. The van der Waals surface area contributed by atoms with Crippen LogP contribution in [0.5, 0.6) is 5.88 Å². The molecule has 116 valence electrons. The summed E-state index contributed by atoms with van der Waals surface area (Å²) in [6.45, 7) is 1.91. The van der Waals surface area contributed by atoms with Crippen molar-refractivity contribution in [3.05, 3.63) is 51.9 Å². The van der Waals surface area contributed by atoms with Crippen molar-refractivity contribution in [3.63, 3.8) is 0 Å². The van der Waals surface area contributed by atoms with Crippen molar-refractivity contribution in [2.24, 2.45) is 0 Å². The molecule has 2 aromatic rings. The number of rotatable bonds is 4. The van der Waals surface area contributed by atoms with E-state index in [1.807, 2.05) is 18.2 Å².